The lowest BCUT2D eigenvalue weighted by Gasteiger charge is -2.62. The number of Topliss-reactive ketones (excluding diaryl/α,β-unsaturated/α-hetero) is 1. The van der Waals surface area contributed by atoms with E-state index in [0.29, 0.717) is 30.0 Å². The highest BCUT2D eigenvalue weighted by atomic mass is 79.9. The molecule has 150 valence electrons. The Morgan fingerprint density at radius 1 is 1.04 bits per heavy atom. The molecule has 27 heavy (non-hydrogen) atoms. The molecule has 0 amide bonds. The van der Waals surface area contributed by atoms with Crippen LogP contribution in [-0.4, -0.2) is 28.6 Å². The van der Waals surface area contributed by atoms with Gasteiger partial charge in [0.1, 0.15) is 5.78 Å². The molecule has 1 saturated heterocycles. The number of fused-ring (bicyclic) bond motifs is 8. The van der Waals surface area contributed by atoms with Crippen LogP contribution in [0.3, 0.4) is 0 Å². The summed E-state index contributed by atoms with van der Waals surface area (Å²) < 4.78 is 13.1. The van der Waals surface area contributed by atoms with Crippen LogP contribution in [0.4, 0.5) is 0 Å². The molecule has 0 N–H and O–H groups in total. The third-order valence-corrected chi connectivity index (χ3v) is 10.1. The zero-order valence-corrected chi connectivity index (χ0v) is 18.7. The van der Waals surface area contributed by atoms with E-state index in [9.17, 15) is 4.79 Å². The van der Waals surface area contributed by atoms with Gasteiger partial charge in [0.15, 0.2) is 5.79 Å². The third kappa shape index (κ3) is 2.42. The van der Waals surface area contributed by atoms with Gasteiger partial charge in [-0.25, -0.2) is 0 Å². The summed E-state index contributed by atoms with van der Waals surface area (Å²) in [6.45, 7) is 13.5. The number of carbonyl (C=O) groups is 1. The number of ketones is 1. The molecule has 1 aliphatic heterocycles. The maximum absolute atomic E-state index is 12.6. The molecule has 4 saturated carbocycles. The maximum Gasteiger partial charge on any atom is 0.163 e. The lowest BCUT2D eigenvalue weighted by atomic mass is 9.44. The number of ether oxygens (including phenoxy) is 2. The summed E-state index contributed by atoms with van der Waals surface area (Å²) in [5.74, 6) is 1.84. The summed E-state index contributed by atoms with van der Waals surface area (Å²) in [6.07, 6.45) is 6.60. The van der Waals surface area contributed by atoms with E-state index in [2.05, 4.69) is 36.4 Å². The molecular weight excluding hydrogens is 404 g/mol. The number of hydrogen-bond donors (Lipinski definition) is 0. The van der Waals surface area contributed by atoms with E-state index in [1.807, 2.05) is 13.8 Å². The van der Waals surface area contributed by atoms with Crippen LogP contribution in [0.15, 0.2) is 12.2 Å². The third-order valence-electron chi connectivity index (χ3n) is 9.31. The minimum absolute atomic E-state index is 0.00173. The van der Waals surface area contributed by atoms with Crippen LogP contribution < -0.4 is 0 Å². The Hall–Kier alpha value is -0.190. The first-order chi connectivity index (χ1) is 12.6. The number of halogens is 1. The van der Waals surface area contributed by atoms with Gasteiger partial charge in [-0.3, -0.25) is 4.79 Å². The zero-order valence-electron chi connectivity index (χ0n) is 17.1. The second-order valence-electron chi connectivity index (χ2n) is 10.9. The van der Waals surface area contributed by atoms with Crippen LogP contribution in [0.2, 0.25) is 0 Å². The minimum Gasteiger partial charge on any atom is -0.344 e. The van der Waals surface area contributed by atoms with Crippen molar-refractivity contribution in [2.45, 2.75) is 89.0 Å². The monoisotopic (exact) mass is 436 g/mol. The smallest absolute Gasteiger partial charge is 0.163 e. The van der Waals surface area contributed by atoms with E-state index in [1.165, 1.54) is 24.8 Å². The van der Waals surface area contributed by atoms with Gasteiger partial charge in [-0.1, -0.05) is 41.9 Å². The van der Waals surface area contributed by atoms with E-state index < -0.39 is 5.79 Å². The Bertz CT molecular complexity index is 702. The van der Waals surface area contributed by atoms with Gasteiger partial charge in [0.05, 0.1) is 17.0 Å². The summed E-state index contributed by atoms with van der Waals surface area (Å²) in [4.78, 5) is 12.6. The van der Waals surface area contributed by atoms with Gasteiger partial charge in [-0.15, -0.1) is 0 Å². The molecule has 3 nitrogen and oxygen atoms in total. The molecule has 0 aromatic carbocycles. The molecule has 0 bridgehead atoms. The highest BCUT2D eigenvalue weighted by Gasteiger charge is 2.68. The van der Waals surface area contributed by atoms with Gasteiger partial charge in [-0.05, 0) is 74.5 Å². The predicted octanol–water partition coefficient (Wildman–Crippen LogP) is 5.27. The first-order valence-electron chi connectivity index (χ1n) is 10.8. The number of alkyl halides is 1. The SMILES string of the molecule is C=C1CC[C@H]2[C@@H]3[C@H]4OC(C)(C)O[C@@H]4[C@H]4CC(=O)C(Br)C[C@]4(C)[C@H]3CC[C@]12C. The molecule has 1 unspecified atom stereocenters. The largest absolute Gasteiger partial charge is 0.344 e. The van der Waals surface area contributed by atoms with Crippen molar-refractivity contribution < 1.29 is 14.3 Å². The van der Waals surface area contributed by atoms with Crippen LogP contribution >= 0.6 is 15.9 Å². The quantitative estimate of drug-likeness (QED) is 0.383. The van der Waals surface area contributed by atoms with Crippen molar-refractivity contribution in [1.82, 2.24) is 0 Å². The number of hydrogen-bond acceptors (Lipinski definition) is 3. The van der Waals surface area contributed by atoms with Crippen molar-refractivity contribution in [3.8, 4) is 0 Å². The van der Waals surface area contributed by atoms with Gasteiger partial charge in [0, 0.05) is 12.3 Å². The fourth-order valence-corrected chi connectivity index (χ4v) is 8.79. The van der Waals surface area contributed by atoms with Crippen LogP contribution in [-0.2, 0) is 14.3 Å². The summed E-state index contributed by atoms with van der Waals surface area (Å²) >= 11 is 3.70. The summed E-state index contributed by atoms with van der Waals surface area (Å²) in [7, 11) is 0. The fourth-order valence-electron chi connectivity index (χ4n) is 7.90. The molecular formula is C23H33BrO3. The average molecular weight is 437 g/mol. The van der Waals surface area contributed by atoms with Crippen LogP contribution in [0.5, 0.6) is 0 Å². The molecule has 5 aliphatic rings. The van der Waals surface area contributed by atoms with Crippen molar-refractivity contribution in [1.29, 1.82) is 0 Å². The molecule has 0 spiro atoms. The first-order valence-corrected chi connectivity index (χ1v) is 11.7. The van der Waals surface area contributed by atoms with Crippen molar-refractivity contribution in [3.63, 3.8) is 0 Å². The normalized spacial score (nSPS) is 56.3. The number of allylic oxidation sites excluding steroid dienone is 1. The maximum atomic E-state index is 12.6. The lowest BCUT2D eigenvalue weighted by molar-refractivity contribution is -0.174. The molecule has 5 rings (SSSR count). The highest BCUT2D eigenvalue weighted by molar-refractivity contribution is 9.10. The Balaban J connectivity index is 1.61. The predicted molar refractivity (Wildman–Crippen MR) is 109 cm³/mol. The Morgan fingerprint density at radius 2 is 1.74 bits per heavy atom. The second kappa shape index (κ2) is 5.70. The van der Waals surface area contributed by atoms with Gasteiger partial charge in [0.2, 0.25) is 0 Å². The zero-order chi connectivity index (χ0) is 19.4. The first kappa shape index (κ1) is 18.8. The Kier molecular flexibility index (Phi) is 3.97. The van der Waals surface area contributed by atoms with Crippen molar-refractivity contribution in [2.75, 3.05) is 0 Å². The summed E-state index contributed by atoms with van der Waals surface area (Å²) in [6, 6.07) is 0. The fraction of sp³-hybridized carbons (Fsp3) is 0.870. The van der Waals surface area contributed by atoms with E-state index in [1.54, 1.807) is 0 Å². The molecule has 9 atom stereocenters. The van der Waals surface area contributed by atoms with E-state index in [4.69, 9.17) is 9.47 Å². The molecule has 4 aliphatic carbocycles. The van der Waals surface area contributed by atoms with Crippen LogP contribution in [0.1, 0.15) is 66.2 Å². The second-order valence-corrected chi connectivity index (χ2v) is 12.0. The van der Waals surface area contributed by atoms with Crippen molar-refractivity contribution in [2.24, 2.45) is 34.5 Å². The number of carbonyl (C=O) groups excluding carboxylic acids is 1. The Morgan fingerprint density at radius 3 is 2.48 bits per heavy atom. The van der Waals surface area contributed by atoms with Gasteiger partial charge < -0.3 is 9.47 Å². The molecule has 1 heterocycles. The van der Waals surface area contributed by atoms with E-state index in [0.717, 1.165) is 12.8 Å². The number of rotatable bonds is 0. The molecule has 4 heteroatoms. The summed E-state index contributed by atoms with van der Waals surface area (Å²) in [5, 5.41) is 0. The van der Waals surface area contributed by atoms with E-state index >= 15 is 0 Å². The molecule has 0 aromatic heterocycles. The van der Waals surface area contributed by atoms with E-state index in [-0.39, 0.29) is 33.8 Å². The van der Waals surface area contributed by atoms with Crippen molar-refractivity contribution in [3.05, 3.63) is 12.2 Å². The minimum atomic E-state index is -0.553. The topological polar surface area (TPSA) is 35.5 Å². The van der Waals surface area contributed by atoms with Crippen molar-refractivity contribution >= 4 is 21.7 Å². The van der Waals surface area contributed by atoms with Gasteiger partial charge >= 0.3 is 0 Å². The molecule has 5 fully saturated rings. The average Bonchev–Trinajstić information content (AvgIpc) is 3.06. The van der Waals surface area contributed by atoms with Crippen LogP contribution in [0.25, 0.3) is 0 Å². The lowest BCUT2D eigenvalue weighted by Crippen LogP contribution is -2.63. The Labute approximate surface area is 171 Å². The molecule has 0 aromatic rings. The highest BCUT2D eigenvalue weighted by Crippen LogP contribution is 2.69. The van der Waals surface area contributed by atoms with Gasteiger partial charge in [0.25, 0.3) is 0 Å². The van der Waals surface area contributed by atoms with Gasteiger partial charge in [-0.2, -0.15) is 0 Å². The molecule has 0 radical (unpaired) electrons. The van der Waals surface area contributed by atoms with Crippen LogP contribution in [0, 0.1) is 34.5 Å². The standard InChI is InChI=1S/C23H33BrO3/c1-12-6-7-13-18-14(8-9-22(12,13)4)23(5)11-16(24)17(25)10-15(23)19-20(18)27-21(2,3)26-19/h13-16,18-20H,1,6-11H2,2-5H3/t13-,14-,15+,16?,18-,19+,20+,22+,23+/m0/s1. The summed E-state index contributed by atoms with van der Waals surface area (Å²) in [5.41, 5.74) is 1.84.